The Morgan fingerprint density at radius 1 is 1.00 bits per heavy atom. The van der Waals surface area contributed by atoms with Gasteiger partial charge in [-0.1, -0.05) is 32.8 Å². The van der Waals surface area contributed by atoms with Gasteiger partial charge < -0.3 is 10.6 Å². The third-order valence-electron chi connectivity index (χ3n) is 3.42. The number of nitrogens with two attached hydrogens (primary N) is 1. The number of nitrogens with zero attached hydrogens (tertiary/aromatic N) is 1. The summed E-state index contributed by atoms with van der Waals surface area (Å²) in [7, 11) is 0. The van der Waals surface area contributed by atoms with Gasteiger partial charge in [-0.2, -0.15) is 0 Å². The normalized spacial score (nSPS) is 12.1. The zero-order valence-electron chi connectivity index (χ0n) is 13.1. The van der Waals surface area contributed by atoms with E-state index in [-0.39, 0.29) is 5.91 Å². The molecule has 0 saturated heterocycles. The molecule has 0 atom stereocenters. The van der Waals surface area contributed by atoms with Crippen molar-refractivity contribution in [2.75, 3.05) is 19.6 Å². The molecule has 0 fully saturated rings. The Labute approximate surface area is 119 Å². The van der Waals surface area contributed by atoms with E-state index in [0.717, 1.165) is 12.8 Å². The third-order valence-corrected chi connectivity index (χ3v) is 3.42. The fraction of sp³-hybridized carbons (Fsp3) is 0.812. The highest BCUT2D eigenvalue weighted by atomic mass is 16.1. The van der Waals surface area contributed by atoms with Crippen LogP contribution in [0.25, 0.3) is 0 Å². The number of primary amides is 1. The monoisotopic (exact) mass is 268 g/mol. The van der Waals surface area contributed by atoms with E-state index in [2.05, 4.69) is 18.7 Å². The summed E-state index contributed by atoms with van der Waals surface area (Å²) >= 11 is 0. The van der Waals surface area contributed by atoms with Crippen LogP contribution in [0.2, 0.25) is 0 Å². The first-order chi connectivity index (χ1) is 9.11. The predicted octanol–water partition coefficient (Wildman–Crippen LogP) is 3.49. The fourth-order valence-electron chi connectivity index (χ4n) is 2.00. The number of hydrogen-bond acceptors (Lipinski definition) is 2. The van der Waals surface area contributed by atoms with Crippen molar-refractivity contribution < 1.29 is 4.79 Å². The Kier molecular flexibility index (Phi) is 11.7. The number of rotatable bonds is 12. The van der Waals surface area contributed by atoms with Gasteiger partial charge in [-0.3, -0.25) is 4.79 Å². The molecule has 112 valence electrons. The quantitative estimate of drug-likeness (QED) is 0.435. The first kappa shape index (κ1) is 18.2. The number of carbonyl (C=O) groups excluding carboxylic acids is 1. The molecule has 0 spiro atoms. The summed E-state index contributed by atoms with van der Waals surface area (Å²) in [6.07, 6.45) is 10.4. The van der Waals surface area contributed by atoms with E-state index in [4.69, 9.17) is 5.73 Å². The lowest BCUT2D eigenvalue weighted by atomic mass is 10.1. The van der Waals surface area contributed by atoms with E-state index in [0.29, 0.717) is 5.57 Å². The molecule has 2 N–H and O–H groups in total. The maximum absolute atomic E-state index is 10.9. The van der Waals surface area contributed by atoms with E-state index in [1.807, 2.05) is 6.08 Å². The Bertz CT molecular complexity index is 253. The molecular formula is C16H32N2O. The van der Waals surface area contributed by atoms with Crippen molar-refractivity contribution in [3.8, 4) is 0 Å². The molecule has 0 aromatic rings. The van der Waals surface area contributed by atoms with E-state index in [9.17, 15) is 4.79 Å². The van der Waals surface area contributed by atoms with Crippen LogP contribution in [-0.2, 0) is 4.79 Å². The van der Waals surface area contributed by atoms with Crippen molar-refractivity contribution in [3.63, 3.8) is 0 Å². The zero-order chi connectivity index (χ0) is 14.5. The minimum atomic E-state index is -0.299. The van der Waals surface area contributed by atoms with E-state index >= 15 is 0 Å². The van der Waals surface area contributed by atoms with Crippen LogP contribution in [0.3, 0.4) is 0 Å². The second kappa shape index (κ2) is 12.2. The van der Waals surface area contributed by atoms with Gasteiger partial charge in [0.05, 0.1) is 0 Å². The van der Waals surface area contributed by atoms with Gasteiger partial charge >= 0.3 is 0 Å². The van der Waals surface area contributed by atoms with Crippen LogP contribution in [0.15, 0.2) is 11.6 Å². The summed E-state index contributed by atoms with van der Waals surface area (Å²) in [5.41, 5.74) is 5.88. The summed E-state index contributed by atoms with van der Waals surface area (Å²) in [5, 5.41) is 0. The second-order valence-electron chi connectivity index (χ2n) is 5.30. The van der Waals surface area contributed by atoms with Crippen molar-refractivity contribution in [2.24, 2.45) is 5.73 Å². The van der Waals surface area contributed by atoms with Crippen LogP contribution in [0.5, 0.6) is 0 Å². The van der Waals surface area contributed by atoms with Crippen LogP contribution < -0.4 is 5.73 Å². The molecule has 3 nitrogen and oxygen atoms in total. The van der Waals surface area contributed by atoms with Crippen LogP contribution in [-0.4, -0.2) is 30.4 Å². The average Bonchev–Trinajstić information content (AvgIpc) is 2.40. The van der Waals surface area contributed by atoms with Crippen molar-refractivity contribution in [2.45, 2.75) is 65.7 Å². The lowest BCUT2D eigenvalue weighted by Gasteiger charge is -2.21. The predicted molar refractivity (Wildman–Crippen MR) is 83.1 cm³/mol. The number of carbonyl (C=O) groups is 1. The minimum Gasteiger partial charge on any atom is -0.366 e. The summed E-state index contributed by atoms with van der Waals surface area (Å²) < 4.78 is 0. The van der Waals surface area contributed by atoms with Crippen molar-refractivity contribution in [1.29, 1.82) is 0 Å². The van der Waals surface area contributed by atoms with Crippen molar-refractivity contribution >= 4 is 5.91 Å². The lowest BCUT2D eigenvalue weighted by Crippen LogP contribution is -2.27. The molecule has 3 heteroatoms. The van der Waals surface area contributed by atoms with Gasteiger partial charge in [0.1, 0.15) is 0 Å². The molecule has 0 aliphatic carbocycles. The second-order valence-corrected chi connectivity index (χ2v) is 5.30. The number of allylic oxidation sites excluding steroid dienone is 1. The maximum Gasteiger partial charge on any atom is 0.244 e. The van der Waals surface area contributed by atoms with Gasteiger partial charge in [0.2, 0.25) is 5.91 Å². The van der Waals surface area contributed by atoms with Gasteiger partial charge in [0.15, 0.2) is 0 Å². The highest BCUT2D eigenvalue weighted by Gasteiger charge is 2.03. The third kappa shape index (κ3) is 10.8. The van der Waals surface area contributed by atoms with Gasteiger partial charge in [0, 0.05) is 5.57 Å². The van der Waals surface area contributed by atoms with Gasteiger partial charge in [-0.25, -0.2) is 0 Å². The average molecular weight is 268 g/mol. The smallest absolute Gasteiger partial charge is 0.244 e. The van der Waals surface area contributed by atoms with Crippen LogP contribution in [0.1, 0.15) is 65.7 Å². The van der Waals surface area contributed by atoms with Crippen LogP contribution in [0.4, 0.5) is 0 Å². The summed E-state index contributed by atoms with van der Waals surface area (Å²) in [6, 6.07) is 0. The number of amides is 1. The van der Waals surface area contributed by atoms with Crippen molar-refractivity contribution in [1.82, 2.24) is 4.90 Å². The molecule has 0 saturated carbocycles. The Morgan fingerprint density at radius 3 is 2.00 bits per heavy atom. The SMILES string of the molecule is CCCCN(CCCC)CCCCC=C(C)C(N)=O. The molecule has 1 amide bonds. The highest BCUT2D eigenvalue weighted by molar-refractivity contribution is 5.91. The minimum absolute atomic E-state index is 0.299. The topological polar surface area (TPSA) is 46.3 Å². The van der Waals surface area contributed by atoms with Gasteiger partial charge in [0.25, 0.3) is 0 Å². The molecule has 19 heavy (non-hydrogen) atoms. The maximum atomic E-state index is 10.9. The van der Waals surface area contributed by atoms with E-state index in [1.165, 1.54) is 51.7 Å². The molecule has 0 aliphatic heterocycles. The Balaban J connectivity index is 3.78. The molecule has 0 radical (unpaired) electrons. The molecule has 0 unspecified atom stereocenters. The van der Waals surface area contributed by atoms with E-state index < -0.39 is 0 Å². The van der Waals surface area contributed by atoms with Crippen LogP contribution >= 0.6 is 0 Å². The fourth-order valence-corrected chi connectivity index (χ4v) is 2.00. The van der Waals surface area contributed by atoms with Gasteiger partial charge in [-0.15, -0.1) is 0 Å². The molecule has 0 aromatic heterocycles. The van der Waals surface area contributed by atoms with Crippen molar-refractivity contribution in [3.05, 3.63) is 11.6 Å². The number of unbranched alkanes of at least 4 members (excludes halogenated alkanes) is 4. The molecular weight excluding hydrogens is 236 g/mol. The first-order valence-corrected chi connectivity index (χ1v) is 7.80. The largest absolute Gasteiger partial charge is 0.366 e. The number of hydrogen-bond donors (Lipinski definition) is 1. The summed E-state index contributed by atoms with van der Waals surface area (Å²) in [6.45, 7) is 9.92. The highest BCUT2D eigenvalue weighted by Crippen LogP contribution is 2.05. The molecule has 0 heterocycles. The zero-order valence-corrected chi connectivity index (χ0v) is 13.1. The first-order valence-electron chi connectivity index (χ1n) is 7.80. The standard InChI is InChI=1S/C16H32N2O/c1-4-6-12-18(13-7-5-2)14-10-8-9-11-15(3)16(17)19/h11H,4-10,12-14H2,1-3H3,(H2,17,19). The van der Waals surface area contributed by atoms with E-state index in [1.54, 1.807) is 6.92 Å². The molecule has 0 aliphatic rings. The lowest BCUT2D eigenvalue weighted by molar-refractivity contribution is -0.114. The summed E-state index contributed by atoms with van der Waals surface area (Å²) in [4.78, 5) is 13.4. The molecule has 0 aromatic carbocycles. The molecule has 0 bridgehead atoms. The molecule has 0 rings (SSSR count). The van der Waals surface area contributed by atoms with Gasteiger partial charge in [-0.05, 0) is 58.7 Å². The Morgan fingerprint density at radius 2 is 1.53 bits per heavy atom. The summed E-state index contributed by atoms with van der Waals surface area (Å²) in [5.74, 6) is -0.299. The Hall–Kier alpha value is -0.830. The van der Waals surface area contributed by atoms with Crippen LogP contribution in [0, 0.1) is 0 Å².